The van der Waals surface area contributed by atoms with Crippen LogP contribution in [-0.2, 0) is 0 Å². The zero-order valence-electron chi connectivity index (χ0n) is 12.0. The highest BCUT2D eigenvalue weighted by molar-refractivity contribution is 14.1. The minimum absolute atomic E-state index is 0.125. The summed E-state index contributed by atoms with van der Waals surface area (Å²) in [5, 5.41) is 12.0. The zero-order chi connectivity index (χ0) is 15.6. The number of rotatable bonds is 3. The van der Waals surface area contributed by atoms with Gasteiger partial charge in [-0.3, -0.25) is 9.69 Å². The quantitative estimate of drug-likeness (QED) is 0.215. The van der Waals surface area contributed by atoms with Crippen LogP contribution in [-0.4, -0.2) is 57.6 Å². The first-order chi connectivity index (χ1) is 9.87. The molecule has 116 valence electrons. The largest absolute Gasteiger partial charge is 0.409 e. The summed E-state index contributed by atoms with van der Waals surface area (Å²) in [6.45, 7) is 6.80. The molecule has 0 amide bonds. The molecule has 1 aliphatic rings. The average molecular weight is 406 g/mol. The normalized spacial score (nSPS) is 18.0. The molecule has 8 nitrogen and oxygen atoms in total. The molecular formula is C12H19IN6O2. The van der Waals surface area contributed by atoms with Gasteiger partial charge in [0.1, 0.15) is 9.39 Å². The van der Waals surface area contributed by atoms with E-state index in [1.807, 2.05) is 36.4 Å². The van der Waals surface area contributed by atoms with Crippen molar-refractivity contribution in [1.82, 2.24) is 14.9 Å². The fourth-order valence-electron chi connectivity index (χ4n) is 2.36. The maximum Gasteiger partial charge on any atom is 0.266 e. The molecule has 9 heteroatoms. The molecule has 2 heterocycles. The van der Waals surface area contributed by atoms with Crippen molar-refractivity contribution in [1.29, 1.82) is 0 Å². The molecule has 0 spiro atoms. The highest BCUT2D eigenvalue weighted by Gasteiger charge is 2.34. The molecule has 4 N–H and O–H groups in total. The Kier molecular flexibility index (Phi) is 4.71. The van der Waals surface area contributed by atoms with Crippen molar-refractivity contribution in [3.63, 3.8) is 0 Å². The third kappa shape index (κ3) is 3.12. The zero-order valence-corrected chi connectivity index (χ0v) is 14.2. The Labute approximate surface area is 136 Å². The smallest absolute Gasteiger partial charge is 0.266 e. The predicted molar refractivity (Wildman–Crippen MR) is 88.8 cm³/mol. The van der Waals surface area contributed by atoms with Gasteiger partial charge in [-0.25, -0.2) is 4.98 Å². The second-order valence-corrected chi connectivity index (χ2v) is 6.47. The van der Waals surface area contributed by atoms with E-state index < -0.39 is 5.54 Å². The maximum atomic E-state index is 11.6. The molecule has 0 atom stereocenters. The lowest BCUT2D eigenvalue weighted by atomic mass is 10.0. The van der Waals surface area contributed by atoms with Crippen LogP contribution in [0.25, 0.3) is 0 Å². The Morgan fingerprint density at radius 1 is 1.48 bits per heavy atom. The van der Waals surface area contributed by atoms with Gasteiger partial charge in [0.25, 0.3) is 5.56 Å². The van der Waals surface area contributed by atoms with E-state index in [-0.39, 0.29) is 11.4 Å². The maximum absolute atomic E-state index is 11.6. The van der Waals surface area contributed by atoms with Gasteiger partial charge < -0.3 is 20.8 Å². The number of piperazine rings is 1. The third-order valence-electron chi connectivity index (χ3n) is 3.88. The van der Waals surface area contributed by atoms with Crippen molar-refractivity contribution < 1.29 is 5.21 Å². The topological polar surface area (TPSA) is 111 Å². The van der Waals surface area contributed by atoms with Gasteiger partial charge in [-0.2, -0.15) is 0 Å². The number of anilines is 1. The van der Waals surface area contributed by atoms with Crippen molar-refractivity contribution in [3.8, 4) is 0 Å². The highest BCUT2D eigenvalue weighted by atomic mass is 127. The van der Waals surface area contributed by atoms with Gasteiger partial charge in [0.2, 0.25) is 0 Å². The fraction of sp³-hybridized carbons (Fsp3) is 0.583. The predicted octanol–water partition coefficient (Wildman–Crippen LogP) is 0.0215. The number of aromatic nitrogens is 2. The molecule has 1 aromatic rings. The molecule has 0 bridgehead atoms. The Morgan fingerprint density at radius 3 is 2.67 bits per heavy atom. The minimum atomic E-state index is -0.504. The first-order valence-electron chi connectivity index (χ1n) is 6.59. The van der Waals surface area contributed by atoms with E-state index in [4.69, 9.17) is 10.9 Å². The summed E-state index contributed by atoms with van der Waals surface area (Å²) < 4.78 is 0.597. The lowest BCUT2D eigenvalue weighted by Crippen LogP contribution is -2.60. The van der Waals surface area contributed by atoms with Crippen molar-refractivity contribution in [3.05, 3.63) is 20.3 Å². The summed E-state index contributed by atoms with van der Waals surface area (Å²) in [4.78, 5) is 22.7. The molecule has 0 radical (unpaired) electrons. The van der Waals surface area contributed by atoms with E-state index >= 15 is 0 Å². The molecule has 0 aliphatic carbocycles. The molecule has 0 saturated carbocycles. The number of H-pyrrole nitrogens is 1. The van der Waals surface area contributed by atoms with Crippen molar-refractivity contribution >= 4 is 34.2 Å². The fourth-order valence-corrected chi connectivity index (χ4v) is 2.99. The van der Waals surface area contributed by atoms with Crippen LogP contribution < -0.4 is 16.2 Å². The summed E-state index contributed by atoms with van der Waals surface area (Å²) in [5.41, 5.74) is 5.13. The van der Waals surface area contributed by atoms with E-state index in [2.05, 4.69) is 24.9 Å². The molecule has 1 aliphatic heterocycles. The number of nitrogens with two attached hydrogens (primary N) is 1. The lowest BCUT2D eigenvalue weighted by Gasteiger charge is -2.43. The van der Waals surface area contributed by atoms with Crippen LogP contribution in [0.1, 0.15) is 13.8 Å². The van der Waals surface area contributed by atoms with Gasteiger partial charge in [-0.1, -0.05) is 5.16 Å². The van der Waals surface area contributed by atoms with Crippen LogP contribution in [0.4, 0.5) is 5.82 Å². The van der Waals surface area contributed by atoms with E-state index in [1.165, 1.54) is 6.33 Å². The molecule has 1 aromatic heterocycles. The summed E-state index contributed by atoms with van der Waals surface area (Å²) in [7, 11) is 0. The molecule has 0 aromatic carbocycles. The number of halogens is 1. The van der Waals surface area contributed by atoms with Crippen LogP contribution in [0.15, 0.2) is 16.3 Å². The Hall–Kier alpha value is -1.36. The first-order valence-corrected chi connectivity index (χ1v) is 7.67. The van der Waals surface area contributed by atoms with Gasteiger partial charge in [0, 0.05) is 26.2 Å². The van der Waals surface area contributed by atoms with Crippen molar-refractivity contribution in [2.75, 3.05) is 31.1 Å². The van der Waals surface area contributed by atoms with Gasteiger partial charge >= 0.3 is 0 Å². The molecule has 21 heavy (non-hydrogen) atoms. The summed E-state index contributed by atoms with van der Waals surface area (Å²) >= 11 is 2.01. The van der Waals surface area contributed by atoms with E-state index in [9.17, 15) is 4.79 Å². The second-order valence-electron chi connectivity index (χ2n) is 5.39. The van der Waals surface area contributed by atoms with Crippen LogP contribution in [0.3, 0.4) is 0 Å². The standard InChI is InChI=1S/C12H19IN6O2/c1-12(2,11(14)17-21)19-5-3-18(4-6-19)9-8(13)10(20)16-7-15-9/h7,21H,3-6H2,1-2H3,(H2,14,17)(H,15,16,20). The van der Waals surface area contributed by atoms with Crippen molar-refractivity contribution in [2.45, 2.75) is 19.4 Å². The molecule has 2 rings (SSSR count). The number of nitrogens with zero attached hydrogens (tertiary/aromatic N) is 4. The van der Waals surface area contributed by atoms with Gasteiger partial charge in [0.05, 0.1) is 11.9 Å². The van der Waals surface area contributed by atoms with Gasteiger partial charge in [-0.05, 0) is 36.4 Å². The first kappa shape index (κ1) is 16.0. The van der Waals surface area contributed by atoms with Crippen LogP contribution in [0, 0.1) is 3.57 Å². The van der Waals surface area contributed by atoms with Crippen LogP contribution in [0.2, 0.25) is 0 Å². The number of amidine groups is 1. The highest BCUT2D eigenvalue weighted by Crippen LogP contribution is 2.21. The van der Waals surface area contributed by atoms with Crippen molar-refractivity contribution in [2.24, 2.45) is 10.9 Å². The Balaban J connectivity index is 2.10. The summed E-state index contributed by atoms with van der Waals surface area (Å²) in [5.74, 6) is 0.903. The number of aromatic amines is 1. The lowest BCUT2D eigenvalue weighted by molar-refractivity contribution is 0.160. The average Bonchev–Trinajstić information content (AvgIpc) is 2.49. The second kappa shape index (κ2) is 6.18. The van der Waals surface area contributed by atoms with Crippen LogP contribution in [0.5, 0.6) is 0 Å². The number of nitrogens with one attached hydrogen (secondary N) is 1. The number of hydrogen-bond acceptors (Lipinski definition) is 6. The molecule has 0 unspecified atom stereocenters. The molecular weight excluding hydrogens is 387 g/mol. The Bertz CT molecular complexity index is 592. The number of hydrogen-bond donors (Lipinski definition) is 3. The van der Waals surface area contributed by atoms with Gasteiger partial charge in [-0.15, -0.1) is 0 Å². The monoisotopic (exact) mass is 406 g/mol. The SMILES string of the molecule is CC(C)(C(N)=NO)N1CCN(c2nc[nH]c(=O)c2I)CC1. The Morgan fingerprint density at radius 2 is 2.10 bits per heavy atom. The molecule has 1 fully saturated rings. The van der Waals surface area contributed by atoms with Crippen LogP contribution >= 0.6 is 22.6 Å². The third-order valence-corrected chi connectivity index (χ3v) is 4.85. The number of oxime groups is 1. The van der Waals surface area contributed by atoms with E-state index in [0.717, 1.165) is 26.2 Å². The summed E-state index contributed by atoms with van der Waals surface area (Å²) in [6.07, 6.45) is 1.42. The summed E-state index contributed by atoms with van der Waals surface area (Å²) in [6, 6.07) is 0. The van der Waals surface area contributed by atoms with Gasteiger partial charge in [0.15, 0.2) is 5.84 Å². The minimum Gasteiger partial charge on any atom is -0.409 e. The van der Waals surface area contributed by atoms with E-state index in [1.54, 1.807) is 0 Å². The van der Waals surface area contributed by atoms with E-state index in [0.29, 0.717) is 9.39 Å². The molecule has 1 saturated heterocycles.